The standard InChI is InChI=1S/C12H14ClNO4/c13-8-1-2-9(10(15)5-8)11(16)14-6-12(17)3-4-18-7-12/h1-2,5,15,17H,3-4,6-7H2,(H,14,16). The maximum absolute atomic E-state index is 11.8. The van der Waals surface area contributed by atoms with Crippen molar-refractivity contribution >= 4 is 17.5 Å². The SMILES string of the molecule is O=C(NCC1(O)CCOC1)c1ccc(Cl)cc1O. The van der Waals surface area contributed by atoms with Crippen LogP contribution in [0.3, 0.4) is 0 Å². The molecule has 2 rings (SSSR count). The molecule has 0 aliphatic carbocycles. The summed E-state index contributed by atoms with van der Waals surface area (Å²) in [4.78, 5) is 11.8. The van der Waals surface area contributed by atoms with Crippen LogP contribution < -0.4 is 5.32 Å². The highest BCUT2D eigenvalue weighted by Gasteiger charge is 2.32. The van der Waals surface area contributed by atoms with E-state index in [2.05, 4.69) is 5.32 Å². The van der Waals surface area contributed by atoms with Crippen LogP contribution in [0.1, 0.15) is 16.8 Å². The molecule has 1 unspecified atom stereocenters. The number of phenols is 1. The Morgan fingerprint density at radius 3 is 2.94 bits per heavy atom. The van der Waals surface area contributed by atoms with Crippen LogP contribution in [0.25, 0.3) is 0 Å². The first kappa shape index (κ1) is 13.1. The summed E-state index contributed by atoms with van der Waals surface area (Å²) in [5.74, 6) is -0.640. The minimum absolute atomic E-state index is 0.0912. The van der Waals surface area contributed by atoms with Gasteiger partial charge in [-0.15, -0.1) is 0 Å². The molecule has 1 aromatic rings. The molecular formula is C12H14ClNO4. The van der Waals surface area contributed by atoms with E-state index in [1.54, 1.807) is 0 Å². The molecule has 1 heterocycles. The summed E-state index contributed by atoms with van der Waals surface area (Å²) in [6.07, 6.45) is 0.486. The van der Waals surface area contributed by atoms with Crippen molar-refractivity contribution in [2.75, 3.05) is 19.8 Å². The molecule has 6 heteroatoms. The van der Waals surface area contributed by atoms with Crippen molar-refractivity contribution in [3.8, 4) is 5.75 Å². The molecule has 5 nitrogen and oxygen atoms in total. The summed E-state index contributed by atoms with van der Waals surface area (Å²) >= 11 is 5.68. The first-order valence-electron chi connectivity index (χ1n) is 5.57. The van der Waals surface area contributed by atoms with Gasteiger partial charge in [-0.3, -0.25) is 4.79 Å². The number of benzene rings is 1. The first-order valence-corrected chi connectivity index (χ1v) is 5.95. The molecule has 18 heavy (non-hydrogen) atoms. The van der Waals surface area contributed by atoms with Crippen molar-refractivity contribution in [1.82, 2.24) is 5.32 Å². The third-order valence-electron chi connectivity index (χ3n) is 2.86. The molecule has 1 aromatic carbocycles. The van der Waals surface area contributed by atoms with Crippen LogP contribution in [-0.4, -0.2) is 41.5 Å². The van der Waals surface area contributed by atoms with Gasteiger partial charge in [-0.05, 0) is 18.2 Å². The van der Waals surface area contributed by atoms with Gasteiger partial charge in [0.15, 0.2) is 0 Å². The zero-order valence-corrected chi connectivity index (χ0v) is 10.4. The van der Waals surface area contributed by atoms with Gasteiger partial charge >= 0.3 is 0 Å². The van der Waals surface area contributed by atoms with Gasteiger partial charge in [0, 0.05) is 24.6 Å². The zero-order chi connectivity index (χ0) is 13.2. The fourth-order valence-electron chi connectivity index (χ4n) is 1.77. The Bertz CT molecular complexity index is 457. The number of halogens is 1. The number of amides is 1. The lowest BCUT2D eigenvalue weighted by Crippen LogP contribution is -2.43. The Hall–Kier alpha value is -1.30. The number of phenolic OH excluding ortho intramolecular Hbond substituents is 1. The second-order valence-electron chi connectivity index (χ2n) is 4.37. The van der Waals surface area contributed by atoms with E-state index in [0.717, 1.165) is 0 Å². The Morgan fingerprint density at radius 1 is 1.56 bits per heavy atom. The maximum atomic E-state index is 11.8. The van der Waals surface area contributed by atoms with Gasteiger partial charge in [-0.2, -0.15) is 0 Å². The van der Waals surface area contributed by atoms with Crippen molar-refractivity contribution in [1.29, 1.82) is 0 Å². The average molecular weight is 272 g/mol. The Balaban J connectivity index is 1.99. The highest BCUT2D eigenvalue weighted by molar-refractivity contribution is 6.30. The van der Waals surface area contributed by atoms with Crippen molar-refractivity contribution in [3.05, 3.63) is 28.8 Å². The van der Waals surface area contributed by atoms with Crippen molar-refractivity contribution in [2.45, 2.75) is 12.0 Å². The Morgan fingerprint density at radius 2 is 2.33 bits per heavy atom. The van der Waals surface area contributed by atoms with Gasteiger partial charge in [0.1, 0.15) is 11.4 Å². The van der Waals surface area contributed by atoms with E-state index in [1.165, 1.54) is 18.2 Å². The molecule has 0 aromatic heterocycles. The normalized spacial score (nSPS) is 23.0. The summed E-state index contributed by atoms with van der Waals surface area (Å²) in [6, 6.07) is 4.25. The fraction of sp³-hybridized carbons (Fsp3) is 0.417. The molecular weight excluding hydrogens is 258 g/mol. The van der Waals surface area contributed by atoms with E-state index in [0.29, 0.717) is 18.1 Å². The van der Waals surface area contributed by atoms with Crippen LogP contribution in [0, 0.1) is 0 Å². The third-order valence-corrected chi connectivity index (χ3v) is 3.10. The van der Waals surface area contributed by atoms with Gasteiger partial charge < -0.3 is 20.3 Å². The monoisotopic (exact) mass is 271 g/mol. The molecule has 1 saturated heterocycles. The number of hydrogen-bond acceptors (Lipinski definition) is 4. The highest BCUT2D eigenvalue weighted by Crippen LogP contribution is 2.22. The first-order chi connectivity index (χ1) is 8.50. The number of hydrogen-bond donors (Lipinski definition) is 3. The number of carbonyl (C=O) groups is 1. The largest absolute Gasteiger partial charge is 0.507 e. The molecule has 3 N–H and O–H groups in total. The van der Waals surface area contributed by atoms with Gasteiger partial charge in [-0.25, -0.2) is 0 Å². The van der Waals surface area contributed by atoms with Crippen LogP contribution in [0.2, 0.25) is 5.02 Å². The molecule has 98 valence electrons. The highest BCUT2D eigenvalue weighted by atomic mass is 35.5. The van der Waals surface area contributed by atoms with Crippen LogP contribution in [0.15, 0.2) is 18.2 Å². The molecule has 0 radical (unpaired) electrons. The van der Waals surface area contributed by atoms with Gasteiger partial charge in [0.25, 0.3) is 5.91 Å². The summed E-state index contributed by atoms with van der Waals surface area (Å²) in [6.45, 7) is 0.784. The number of carbonyl (C=O) groups excluding carboxylic acids is 1. The van der Waals surface area contributed by atoms with Crippen LogP contribution in [0.4, 0.5) is 0 Å². The molecule has 0 saturated carbocycles. The molecule has 1 fully saturated rings. The Labute approximate surface area is 109 Å². The smallest absolute Gasteiger partial charge is 0.255 e. The second kappa shape index (κ2) is 5.14. The molecule has 1 amide bonds. The van der Waals surface area contributed by atoms with E-state index in [4.69, 9.17) is 16.3 Å². The van der Waals surface area contributed by atoms with Crippen LogP contribution in [-0.2, 0) is 4.74 Å². The van der Waals surface area contributed by atoms with Crippen molar-refractivity contribution < 1.29 is 19.7 Å². The number of aliphatic hydroxyl groups is 1. The predicted octanol–water partition coefficient (Wildman–Crippen LogP) is 0.927. The molecule has 0 bridgehead atoms. The predicted molar refractivity (Wildman–Crippen MR) is 65.8 cm³/mol. The maximum Gasteiger partial charge on any atom is 0.255 e. The van der Waals surface area contributed by atoms with Crippen LogP contribution in [0.5, 0.6) is 5.75 Å². The number of rotatable bonds is 3. The number of nitrogens with one attached hydrogen (secondary N) is 1. The van der Waals surface area contributed by atoms with E-state index in [1.807, 2.05) is 0 Å². The Kier molecular flexibility index (Phi) is 3.75. The van der Waals surface area contributed by atoms with Gasteiger partial charge in [0.2, 0.25) is 0 Å². The summed E-state index contributed by atoms with van der Waals surface area (Å²) in [5, 5.41) is 22.5. The minimum Gasteiger partial charge on any atom is -0.507 e. The molecule has 1 aliphatic rings. The van der Waals surface area contributed by atoms with Gasteiger partial charge in [0.05, 0.1) is 12.2 Å². The summed E-state index contributed by atoms with van der Waals surface area (Å²) in [5.41, 5.74) is -0.889. The number of aromatic hydroxyl groups is 1. The lowest BCUT2D eigenvalue weighted by Gasteiger charge is -2.20. The van der Waals surface area contributed by atoms with Crippen molar-refractivity contribution in [3.63, 3.8) is 0 Å². The molecule has 0 spiro atoms. The summed E-state index contributed by atoms with van der Waals surface area (Å²) in [7, 11) is 0. The van der Waals surface area contributed by atoms with Crippen LogP contribution >= 0.6 is 11.6 Å². The number of ether oxygens (including phenoxy) is 1. The zero-order valence-electron chi connectivity index (χ0n) is 9.65. The second-order valence-corrected chi connectivity index (χ2v) is 4.81. The summed E-state index contributed by atoms with van der Waals surface area (Å²) < 4.78 is 5.07. The molecule has 1 aliphatic heterocycles. The molecule has 1 atom stereocenters. The van der Waals surface area contributed by atoms with E-state index >= 15 is 0 Å². The van der Waals surface area contributed by atoms with E-state index in [9.17, 15) is 15.0 Å². The average Bonchev–Trinajstić information content (AvgIpc) is 2.74. The topological polar surface area (TPSA) is 78.8 Å². The van der Waals surface area contributed by atoms with Gasteiger partial charge in [-0.1, -0.05) is 11.6 Å². The fourth-order valence-corrected chi connectivity index (χ4v) is 1.94. The minimum atomic E-state index is -1.02. The third kappa shape index (κ3) is 2.93. The van der Waals surface area contributed by atoms with Crippen molar-refractivity contribution in [2.24, 2.45) is 0 Å². The lowest BCUT2D eigenvalue weighted by atomic mass is 10.0. The van der Waals surface area contributed by atoms with E-state index < -0.39 is 11.5 Å². The van der Waals surface area contributed by atoms with E-state index in [-0.39, 0.29) is 24.5 Å². The quantitative estimate of drug-likeness (QED) is 0.764. The lowest BCUT2D eigenvalue weighted by molar-refractivity contribution is 0.0264.